The van der Waals surface area contributed by atoms with Crippen molar-refractivity contribution in [2.45, 2.75) is 44.8 Å². The van der Waals surface area contributed by atoms with Crippen molar-refractivity contribution in [3.63, 3.8) is 0 Å². The predicted octanol–water partition coefficient (Wildman–Crippen LogP) is 2.91. The number of fused-ring (bicyclic) bond motifs is 1. The zero-order valence-corrected chi connectivity index (χ0v) is 12.1. The Morgan fingerprint density at radius 2 is 2.20 bits per heavy atom. The van der Waals surface area contributed by atoms with Gasteiger partial charge in [-0.25, -0.2) is 4.79 Å². The van der Waals surface area contributed by atoms with Crippen LogP contribution in [0.15, 0.2) is 42.0 Å². The zero-order valence-electron chi connectivity index (χ0n) is 12.1. The fourth-order valence-corrected chi connectivity index (χ4v) is 3.45. The van der Waals surface area contributed by atoms with Crippen molar-refractivity contribution < 1.29 is 9.53 Å². The zero-order chi connectivity index (χ0) is 14.2. The smallest absolute Gasteiger partial charge is 0.330 e. The van der Waals surface area contributed by atoms with Gasteiger partial charge in [0, 0.05) is 18.2 Å². The minimum absolute atomic E-state index is 0.196. The molecule has 1 heterocycles. The van der Waals surface area contributed by atoms with Crippen molar-refractivity contribution in [2.24, 2.45) is 0 Å². The van der Waals surface area contributed by atoms with Crippen LogP contribution in [0, 0.1) is 0 Å². The molecule has 0 spiro atoms. The molecule has 0 aromatic heterocycles. The summed E-state index contributed by atoms with van der Waals surface area (Å²) in [5, 5.41) is 0. The first kappa shape index (κ1) is 13.4. The van der Waals surface area contributed by atoms with Gasteiger partial charge in [-0.05, 0) is 37.8 Å². The second-order valence-electron chi connectivity index (χ2n) is 5.84. The first-order valence-corrected chi connectivity index (χ1v) is 7.33. The third-order valence-corrected chi connectivity index (χ3v) is 4.55. The summed E-state index contributed by atoms with van der Waals surface area (Å²) in [5.41, 5.74) is 2.81. The molecule has 20 heavy (non-hydrogen) atoms. The quantitative estimate of drug-likeness (QED) is 0.479. The van der Waals surface area contributed by atoms with E-state index in [9.17, 15) is 4.79 Å². The molecule has 1 saturated carbocycles. The highest BCUT2D eigenvalue weighted by atomic mass is 16.5. The van der Waals surface area contributed by atoms with Crippen molar-refractivity contribution in [3.8, 4) is 0 Å². The number of rotatable bonds is 4. The van der Waals surface area contributed by atoms with Crippen LogP contribution in [-0.4, -0.2) is 29.1 Å². The number of esters is 1. The highest BCUT2D eigenvalue weighted by Gasteiger charge is 2.63. The average molecular weight is 271 g/mol. The molecule has 1 aliphatic carbocycles. The molecule has 3 unspecified atom stereocenters. The molecule has 0 N–H and O–H groups in total. The second-order valence-corrected chi connectivity index (χ2v) is 5.84. The first-order chi connectivity index (χ1) is 9.65. The van der Waals surface area contributed by atoms with E-state index in [0.29, 0.717) is 12.6 Å². The number of piperidine rings is 1. The number of hydrogen-bond donors (Lipinski definition) is 0. The molecule has 0 radical (unpaired) electrons. The summed E-state index contributed by atoms with van der Waals surface area (Å²) >= 11 is 0. The van der Waals surface area contributed by atoms with E-state index in [1.165, 1.54) is 11.1 Å². The first-order valence-electron chi connectivity index (χ1n) is 7.33. The van der Waals surface area contributed by atoms with E-state index in [1.54, 1.807) is 6.08 Å². The lowest BCUT2D eigenvalue weighted by Crippen LogP contribution is -2.13. The topological polar surface area (TPSA) is 29.3 Å². The fraction of sp³-hybridized carbons (Fsp3) is 0.471. The Labute approximate surface area is 120 Å². The molecular weight excluding hydrogens is 250 g/mol. The largest absolute Gasteiger partial charge is 0.463 e. The summed E-state index contributed by atoms with van der Waals surface area (Å²) in [7, 11) is 0. The van der Waals surface area contributed by atoms with Crippen LogP contribution in [-0.2, 0) is 16.1 Å². The van der Waals surface area contributed by atoms with E-state index < -0.39 is 0 Å². The molecule has 106 valence electrons. The van der Waals surface area contributed by atoms with Gasteiger partial charge in [0.15, 0.2) is 0 Å². The van der Waals surface area contributed by atoms with Crippen LogP contribution < -0.4 is 0 Å². The fourth-order valence-electron chi connectivity index (χ4n) is 3.45. The van der Waals surface area contributed by atoms with Gasteiger partial charge in [0.2, 0.25) is 0 Å². The van der Waals surface area contributed by atoms with Crippen LogP contribution in [0.3, 0.4) is 0 Å². The molecule has 3 heteroatoms. The molecule has 1 saturated heterocycles. The van der Waals surface area contributed by atoms with Crippen LogP contribution >= 0.6 is 0 Å². The molecule has 3 atom stereocenters. The molecule has 2 aliphatic rings. The van der Waals surface area contributed by atoms with Gasteiger partial charge in [-0.2, -0.15) is 0 Å². The molecule has 2 fully saturated rings. The molecule has 1 aromatic rings. The van der Waals surface area contributed by atoms with E-state index in [0.717, 1.165) is 19.4 Å². The van der Waals surface area contributed by atoms with Crippen molar-refractivity contribution in [1.29, 1.82) is 0 Å². The number of carbonyl (C=O) groups is 1. The number of hydrogen-bond acceptors (Lipinski definition) is 3. The van der Waals surface area contributed by atoms with Crippen molar-refractivity contribution in [2.75, 3.05) is 6.61 Å². The molecule has 3 rings (SSSR count). The summed E-state index contributed by atoms with van der Waals surface area (Å²) in [6.07, 6.45) is 3.87. The Hall–Kier alpha value is -1.61. The van der Waals surface area contributed by atoms with Crippen molar-refractivity contribution in [3.05, 3.63) is 47.5 Å². The summed E-state index contributed by atoms with van der Waals surface area (Å²) in [4.78, 5) is 14.1. The highest BCUT2D eigenvalue weighted by Crippen LogP contribution is 2.56. The van der Waals surface area contributed by atoms with Crippen molar-refractivity contribution >= 4 is 5.97 Å². The summed E-state index contributed by atoms with van der Waals surface area (Å²) < 4.78 is 5.02. The molecule has 1 aromatic carbocycles. The Morgan fingerprint density at radius 3 is 2.90 bits per heavy atom. The molecule has 3 nitrogen and oxygen atoms in total. The maximum Gasteiger partial charge on any atom is 0.330 e. The van der Waals surface area contributed by atoms with Crippen LogP contribution in [0.1, 0.15) is 32.3 Å². The number of carbonyl (C=O) groups excluding carboxylic acids is 1. The van der Waals surface area contributed by atoms with Gasteiger partial charge in [0.1, 0.15) is 0 Å². The van der Waals surface area contributed by atoms with Crippen LogP contribution in [0.4, 0.5) is 0 Å². The van der Waals surface area contributed by atoms with Crippen molar-refractivity contribution in [1.82, 2.24) is 4.90 Å². The minimum Gasteiger partial charge on any atom is -0.463 e. The molecule has 0 amide bonds. The number of benzene rings is 1. The molecule has 0 bridgehead atoms. The summed E-state index contributed by atoms with van der Waals surface area (Å²) in [5.74, 6) is -0.196. The van der Waals surface area contributed by atoms with Gasteiger partial charge >= 0.3 is 5.97 Å². The van der Waals surface area contributed by atoms with Gasteiger partial charge in [0.05, 0.1) is 12.6 Å². The molecular formula is C17H21NO2. The third-order valence-electron chi connectivity index (χ3n) is 4.55. The van der Waals surface area contributed by atoms with E-state index in [2.05, 4.69) is 36.1 Å². The van der Waals surface area contributed by atoms with E-state index in [1.807, 2.05) is 13.0 Å². The van der Waals surface area contributed by atoms with Crippen LogP contribution in [0.2, 0.25) is 0 Å². The lowest BCUT2D eigenvalue weighted by molar-refractivity contribution is -0.137. The number of nitrogens with zero attached hydrogens (tertiary/aromatic N) is 1. The van der Waals surface area contributed by atoms with Crippen LogP contribution in [0.25, 0.3) is 0 Å². The molecule has 1 aliphatic heterocycles. The summed E-state index contributed by atoms with van der Waals surface area (Å²) in [6, 6.07) is 10.9. The van der Waals surface area contributed by atoms with Gasteiger partial charge in [-0.15, -0.1) is 0 Å². The van der Waals surface area contributed by atoms with E-state index in [4.69, 9.17) is 4.74 Å². The Balaban J connectivity index is 1.70. The summed E-state index contributed by atoms with van der Waals surface area (Å²) in [6.45, 7) is 5.54. The second kappa shape index (κ2) is 5.06. The Morgan fingerprint density at radius 1 is 1.45 bits per heavy atom. The number of likely N-dealkylation sites (tertiary alicyclic amines) is 1. The van der Waals surface area contributed by atoms with Gasteiger partial charge < -0.3 is 4.74 Å². The Bertz CT molecular complexity index is 537. The Kier molecular flexibility index (Phi) is 3.38. The van der Waals surface area contributed by atoms with Crippen LogP contribution in [0.5, 0.6) is 0 Å². The third kappa shape index (κ3) is 2.27. The average Bonchev–Trinajstić information content (AvgIpc) is 2.85. The maximum absolute atomic E-state index is 11.6. The minimum atomic E-state index is -0.196. The standard InChI is InChI=1S/C17H21NO2/c1-3-20-15(19)11-14-9-10-17(2)16(14)18(17)12-13-7-5-4-6-8-13/h4-8,11,16H,3,9-10,12H2,1-2H3/b14-11-. The van der Waals surface area contributed by atoms with E-state index in [-0.39, 0.29) is 11.5 Å². The lowest BCUT2D eigenvalue weighted by atomic mass is 10.1. The SMILES string of the molecule is CCOC(=O)/C=C1/CCC2(C)C1N2Cc1ccccc1. The van der Waals surface area contributed by atoms with Gasteiger partial charge in [-0.1, -0.05) is 30.3 Å². The highest BCUT2D eigenvalue weighted by molar-refractivity contribution is 5.83. The maximum atomic E-state index is 11.6. The predicted molar refractivity (Wildman–Crippen MR) is 78.1 cm³/mol. The van der Waals surface area contributed by atoms with E-state index >= 15 is 0 Å². The monoisotopic (exact) mass is 271 g/mol. The lowest BCUT2D eigenvalue weighted by Gasteiger charge is -2.12. The van der Waals surface area contributed by atoms with Gasteiger partial charge in [0.25, 0.3) is 0 Å². The van der Waals surface area contributed by atoms with Gasteiger partial charge in [-0.3, -0.25) is 4.90 Å². The normalized spacial score (nSPS) is 33.0. The number of ether oxygens (including phenoxy) is 1.